The van der Waals surface area contributed by atoms with Gasteiger partial charge in [-0.05, 0) is 21.3 Å². The van der Waals surface area contributed by atoms with Crippen molar-refractivity contribution in [3.05, 3.63) is 0 Å². The third-order valence-electron chi connectivity index (χ3n) is 0.577. The molecule has 0 aliphatic heterocycles. The zero-order valence-corrected chi connectivity index (χ0v) is 8.93. The van der Waals surface area contributed by atoms with Gasteiger partial charge in [-0.3, -0.25) is 0 Å². The minimum absolute atomic E-state index is 0. The van der Waals surface area contributed by atoms with Gasteiger partial charge in [-0.25, -0.2) is 0 Å². The first-order valence-electron chi connectivity index (χ1n) is 1.93. The molecule has 8 heavy (non-hydrogen) atoms. The predicted molar refractivity (Wildman–Crippen MR) is 26.8 cm³/mol. The van der Waals surface area contributed by atoms with Crippen molar-refractivity contribution in [2.75, 3.05) is 21.3 Å². The standard InChI is InChI=1S/C3H9BO3.K/c1-5-4(6-2)7-3;/h1-3H3;/q-1;+1. The van der Waals surface area contributed by atoms with Crippen molar-refractivity contribution in [2.45, 2.75) is 0 Å². The zero-order valence-electron chi connectivity index (χ0n) is 5.80. The van der Waals surface area contributed by atoms with Crippen LogP contribution in [0.2, 0.25) is 0 Å². The van der Waals surface area contributed by atoms with Gasteiger partial charge < -0.3 is 14.0 Å². The summed E-state index contributed by atoms with van der Waals surface area (Å²) in [5.41, 5.74) is 0. The molecular weight excluding hydrogens is 134 g/mol. The van der Waals surface area contributed by atoms with Crippen molar-refractivity contribution < 1.29 is 65.3 Å². The van der Waals surface area contributed by atoms with E-state index in [1.54, 1.807) is 0 Å². The first-order chi connectivity index (χ1) is 3.35. The average Bonchev–Trinajstić information content (AvgIpc) is 1.72. The maximum atomic E-state index is 4.60. The Bertz CT molecular complexity index is 36.0. The quantitative estimate of drug-likeness (QED) is 0.392. The third kappa shape index (κ3) is 5.71. The molecule has 0 amide bonds. The van der Waals surface area contributed by atoms with Gasteiger partial charge in [-0.15, -0.1) is 0 Å². The Morgan fingerprint density at radius 2 is 1.12 bits per heavy atom. The molecule has 0 rings (SSSR count). The van der Waals surface area contributed by atoms with E-state index < -0.39 is 7.32 Å². The fraction of sp³-hybridized carbons (Fsp3) is 1.00. The Hall–Kier alpha value is 1.58. The van der Waals surface area contributed by atoms with Crippen LogP contribution in [0.5, 0.6) is 0 Å². The van der Waals surface area contributed by atoms with E-state index in [9.17, 15) is 0 Å². The average molecular weight is 143 g/mol. The molecule has 43 valence electrons. The van der Waals surface area contributed by atoms with Crippen molar-refractivity contribution in [2.24, 2.45) is 0 Å². The fourth-order valence-corrected chi connectivity index (χ4v) is 0.289. The van der Waals surface area contributed by atoms with Crippen molar-refractivity contribution in [3.63, 3.8) is 0 Å². The summed E-state index contributed by atoms with van der Waals surface area (Å²) in [5, 5.41) is 0. The van der Waals surface area contributed by atoms with Crippen LogP contribution in [0, 0.1) is 0 Å². The van der Waals surface area contributed by atoms with Crippen molar-refractivity contribution in [3.8, 4) is 0 Å². The molecule has 0 atom stereocenters. The smallest absolute Gasteiger partial charge is 0.569 e. The summed E-state index contributed by atoms with van der Waals surface area (Å²) >= 11 is 0. The summed E-state index contributed by atoms with van der Waals surface area (Å²) in [6.07, 6.45) is 0. The van der Waals surface area contributed by atoms with Crippen LogP contribution in [-0.2, 0) is 14.0 Å². The van der Waals surface area contributed by atoms with Crippen molar-refractivity contribution >= 4 is 7.32 Å². The van der Waals surface area contributed by atoms with Crippen LogP contribution in [0.25, 0.3) is 0 Å². The van der Waals surface area contributed by atoms with Crippen LogP contribution in [0.15, 0.2) is 0 Å². The summed E-state index contributed by atoms with van der Waals surface area (Å²) in [4.78, 5) is 0. The molecule has 0 bridgehead atoms. The Morgan fingerprint density at radius 3 is 1.12 bits per heavy atom. The van der Waals surface area contributed by atoms with Crippen LogP contribution in [0.1, 0.15) is 0 Å². The van der Waals surface area contributed by atoms with Gasteiger partial charge in [0.05, 0.1) is 0 Å². The molecule has 0 heterocycles. The first-order valence-corrected chi connectivity index (χ1v) is 1.93. The third-order valence-corrected chi connectivity index (χ3v) is 0.577. The van der Waals surface area contributed by atoms with E-state index in [2.05, 4.69) is 14.0 Å². The molecule has 0 N–H and O–H groups in total. The fourth-order valence-electron chi connectivity index (χ4n) is 0.289. The number of rotatable bonds is 3. The summed E-state index contributed by atoms with van der Waals surface area (Å²) in [7, 11) is 4.02. The minimum atomic E-state index is -0.514. The van der Waals surface area contributed by atoms with Gasteiger partial charge in [-0.2, -0.15) is 0 Å². The molecule has 0 aromatic rings. The van der Waals surface area contributed by atoms with Crippen LogP contribution >= 0.6 is 0 Å². The van der Waals surface area contributed by atoms with Gasteiger partial charge in [0, 0.05) is 0 Å². The topological polar surface area (TPSA) is 27.7 Å². The number of hydrogen-bond acceptors (Lipinski definition) is 3. The SMILES string of the molecule is CO[B-](OC)OC.[K+]. The second-order valence-corrected chi connectivity index (χ2v) is 0.996. The zero-order chi connectivity index (χ0) is 5.70. The molecule has 5 heteroatoms. The molecule has 0 saturated carbocycles. The molecule has 0 aromatic heterocycles. The van der Waals surface area contributed by atoms with Crippen molar-refractivity contribution in [1.29, 1.82) is 0 Å². The van der Waals surface area contributed by atoms with Gasteiger partial charge >= 0.3 is 58.7 Å². The molecule has 0 fully saturated rings. The number of hydrogen-bond donors (Lipinski definition) is 0. The second kappa shape index (κ2) is 8.58. The first kappa shape index (κ1) is 12.3. The van der Waals surface area contributed by atoms with Gasteiger partial charge in [0.25, 0.3) is 0 Å². The van der Waals surface area contributed by atoms with Crippen LogP contribution in [-0.4, -0.2) is 28.7 Å². The van der Waals surface area contributed by atoms with E-state index in [0.29, 0.717) is 0 Å². The van der Waals surface area contributed by atoms with E-state index in [0.717, 1.165) is 0 Å². The molecule has 0 spiro atoms. The molecule has 0 unspecified atom stereocenters. The van der Waals surface area contributed by atoms with Gasteiger partial charge in [0.2, 0.25) is 0 Å². The van der Waals surface area contributed by atoms with Gasteiger partial charge in [0.1, 0.15) is 0 Å². The van der Waals surface area contributed by atoms with E-state index in [1.165, 1.54) is 21.3 Å². The Kier molecular flexibility index (Phi) is 13.2. The van der Waals surface area contributed by atoms with E-state index in [1.807, 2.05) is 0 Å². The molecule has 0 aliphatic rings. The van der Waals surface area contributed by atoms with Gasteiger partial charge in [-0.1, -0.05) is 0 Å². The molecule has 3 nitrogen and oxygen atoms in total. The largest absolute Gasteiger partial charge is 1.00 e. The second-order valence-electron chi connectivity index (χ2n) is 0.996. The normalized spacial score (nSPS) is 9.00. The summed E-state index contributed by atoms with van der Waals surface area (Å²) in [6, 6.07) is 0. The van der Waals surface area contributed by atoms with Crippen LogP contribution in [0.3, 0.4) is 0 Å². The summed E-state index contributed by atoms with van der Waals surface area (Å²) in [5.74, 6) is 0. The molecule has 0 aromatic carbocycles. The maximum absolute atomic E-state index is 4.60. The molecule has 1 radical (unpaired) electrons. The minimum Gasteiger partial charge on any atom is -0.569 e. The molecule has 0 saturated heterocycles. The van der Waals surface area contributed by atoms with E-state index in [4.69, 9.17) is 0 Å². The maximum Gasteiger partial charge on any atom is 1.00 e. The molecular formula is C3H9BKO3. The Labute approximate surface area is 92.7 Å². The monoisotopic (exact) mass is 143 g/mol. The van der Waals surface area contributed by atoms with E-state index >= 15 is 0 Å². The Balaban J connectivity index is 0. The van der Waals surface area contributed by atoms with Crippen molar-refractivity contribution in [1.82, 2.24) is 0 Å². The van der Waals surface area contributed by atoms with Gasteiger partial charge in [0.15, 0.2) is 0 Å². The van der Waals surface area contributed by atoms with Crippen LogP contribution < -0.4 is 51.4 Å². The predicted octanol–water partition coefficient (Wildman–Crippen LogP) is -3.09. The summed E-state index contributed by atoms with van der Waals surface area (Å²) in [6.45, 7) is 0. The summed E-state index contributed by atoms with van der Waals surface area (Å²) < 4.78 is 13.8. The van der Waals surface area contributed by atoms with Crippen LogP contribution in [0.4, 0.5) is 0 Å². The van der Waals surface area contributed by atoms with E-state index in [-0.39, 0.29) is 51.4 Å². The Morgan fingerprint density at radius 1 is 0.875 bits per heavy atom. The molecule has 0 aliphatic carbocycles.